The zero-order valence-electron chi connectivity index (χ0n) is 13.7. The van der Waals surface area contributed by atoms with Gasteiger partial charge in [-0.15, -0.1) is 0 Å². The van der Waals surface area contributed by atoms with Crippen LogP contribution in [0.1, 0.15) is 37.7 Å². The smallest absolute Gasteiger partial charge is 0.230 e. The molecule has 1 aromatic heterocycles. The Balaban J connectivity index is 1.43. The van der Waals surface area contributed by atoms with Gasteiger partial charge in [-0.1, -0.05) is 6.07 Å². The minimum Gasteiger partial charge on any atom is -0.383 e. The van der Waals surface area contributed by atoms with Gasteiger partial charge in [0.25, 0.3) is 0 Å². The molecule has 5 heteroatoms. The summed E-state index contributed by atoms with van der Waals surface area (Å²) in [5.74, 6) is 1.80. The van der Waals surface area contributed by atoms with Crippen molar-refractivity contribution in [2.45, 2.75) is 38.6 Å². The quantitative estimate of drug-likeness (QED) is 0.922. The summed E-state index contributed by atoms with van der Waals surface area (Å²) in [6, 6.07) is 3.97. The Kier molecular flexibility index (Phi) is 3.76. The number of carbonyl (C=O) groups is 1. The number of likely N-dealkylation sites (tertiary alicyclic amines) is 2. The van der Waals surface area contributed by atoms with Crippen molar-refractivity contribution in [3.8, 4) is 0 Å². The van der Waals surface area contributed by atoms with E-state index >= 15 is 0 Å². The predicted molar refractivity (Wildman–Crippen MR) is 89.5 cm³/mol. The summed E-state index contributed by atoms with van der Waals surface area (Å²) in [7, 11) is 0. The maximum atomic E-state index is 13.0. The Hall–Kier alpha value is -1.62. The van der Waals surface area contributed by atoms with Gasteiger partial charge >= 0.3 is 0 Å². The van der Waals surface area contributed by atoms with Gasteiger partial charge < -0.3 is 10.6 Å². The van der Waals surface area contributed by atoms with Gasteiger partial charge in [0.1, 0.15) is 5.82 Å². The number of pyridine rings is 1. The van der Waals surface area contributed by atoms with Gasteiger partial charge in [0, 0.05) is 37.9 Å². The molecular formula is C18H26N4O. The highest BCUT2D eigenvalue weighted by atomic mass is 16.2. The van der Waals surface area contributed by atoms with E-state index in [2.05, 4.69) is 14.8 Å². The Morgan fingerprint density at radius 3 is 2.96 bits per heavy atom. The lowest BCUT2D eigenvalue weighted by Crippen LogP contribution is -2.50. The summed E-state index contributed by atoms with van der Waals surface area (Å²) in [6.07, 6.45) is 7.54. The number of aromatic nitrogens is 1. The maximum absolute atomic E-state index is 13.0. The van der Waals surface area contributed by atoms with Gasteiger partial charge in [-0.3, -0.25) is 9.69 Å². The molecular weight excluding hydrogens is 288 g/mol. The van der Waals surface area contributed by atoms with Crippen molar-refractivity contribution < 1.29 is 4.79 Å². The summed E-state index contributed by atoms with van der Waals surface area (Å²) < 4.78 is 0. The first-order valence-corrected chi connectivity index (χ1v) is 8.87. The first-order valence-electron chi connectivity index (χ1n) is 8.87. The average molecular weight is 314 g/mol. The molecule has 3 fully saturated rings. The van der Waals surface area contributed by atoms with E-state index in [0.717, 1.165) is 63.5 Å². The maximum Gasteiger partial charge on any atom is 0.230 e. The van der Waals surface area contributed by atoms with Gasteiger partial charge in [-0.2, -0.15) is 0 Å². The van der Waals surface area contributed by atoms with Crippen LogP contribution in [-0.2, 0) is 11.3 Å². The van der Waals surface area contributed by atoms with Crippen LogP contribution in [0.4, 0.5) is 5.82 Å². The van der Waals surface area contributed by atoms with Crippen molar-refractivity contribution in [2.75, 3.05) is 31.9 Å². The molecule has 3 heterocycles. The normalized spacial score (nSPS) is 28.7. The highest BCUT2D eigenvalue weighted by Gasteiger charge is 2.48. The fourth-order valence-electron chi connectivity index (χ4n) is 4.24. The largest absolute Gasteiger partial charge is 0.383 e. The third-order valence-corrected chi connectivity index (χ3v) is 5.75. The number of rotatable bonds is 4. The Labute approximate surface area is 137 Å². The highest BCUT2D eigenvalue weighted by Crippen LogP contribution is 2.42. The summed E-state index contributed by atoms with van der Waals surface area (Å²) >= 11 is 0. The second kappa shape index (κ2) is 5.78. The van der Waals surface area contributed by atoms with Crippen molar-refractivity contribution in [3.63, 3.8) is 0 Å². The van der Waals surface area contributed by atoms with Crippen LogP contribution < -0.4 is 5.73 Å². The van der Waals surface area contributed by atoms with Crippen LogP contribution in [-0.4, -0.2) is 46.9 Å². The Morgan fingerprint density at radius 1 is 1.30 bits per heavy atom. The molecule has 1 unspecified atom stereocenters. The second-order valence-corrected chi connectivity index (χ2v) is 7.59. The highest BCUT2D eigenvalue weighted by molar-refractivity contribution is 5.84. The summed E-state index contributed by atoms with van der Waals surface area (Å²) in [5, 5.41) is 0. The van der Waals surface area contributed by atoms with Crippen LogP contribution in [0, 0.1) is 11.3 Å². The van der Waals surface area contributed by atoms with E-state index in [0.29, 0.717) is 11.7 Å². The van der Waals surface area contributed by atoms with Gasteiger partial charge in [0.2, 0.25) is 5.91 Å². The molecule has 1 amide bonds. The van der Waals surface area contributed by atoms with E-state index in [9.17, 15) is 4.79 Å². The van der Waals surface area contributed by atoms with Crippen LogP contribution in [0.2, 0.25) is 0 Å². The number of nitrogens with two attached hydrogens (primary N) is 1. The standard InChI is InChI=1S/C18H26N4O/c19-16-15(3-1-8-20-16)12-21-10-7-18(13-21)6-2-9-22(17(18)23)11-14-4-5-14/h1,3,8,14H,2,4-7,9-13H2,(H2,19,20). The lowest BCUT2D eigenvalue weighted by molar-refractivity contribution is -0.145. The van der Waals surface area contributed by atoms with Crippen molar-refractivity contribution in [1.82, 2.24) is 14.8 Å². The van der Waals surface area contributed by atoms with Crippen LogP contribution in [0.3, 0.4) is 0 Å². The molecule has 23 heavy (non-hydrogen) atoms. The molecule has 1 spiro atoms. The third-order valence-electron chi connectivity index (χ3n) is 5.75. The van der Waals surface area contributed by atoms with E-state index in [-0.39, 0.29) is 5.41 Å². The number of hydrogen-bond donors (Lipinski definition) is 1. The number of hydrogen-bond acceptors (Lipinski definition) is 4. The summed E-state index contributed by atoms with van der Waals surface area (Å²) in [6.45, 7) is 4.62. The van der Waals surface area contributed by atoms with Crippen molar-refractivity contribution >= 4 is 11.7 Å². The molecule has 1 atom stereocenters. The van der Waals surface area contributed by atoms with E-state index in [1.54, 1.807) is 6.20 Å². The zero-order chi connectivity index (χ0) is 15.9. The van der Waals surface area contributed by atoms with Crippen LogP contribution in [0.5, 0.6) is 0 Å². The minimum atomic E-state index is -0.135. The molecule has 0 bridgehead atoms. The number of carbonyl (C=O) groups excluding carboxylic acids is 1. The van der Waals surface area contributed by atoms with Crippen LogP contribution >= 0.6 is 0 Å². The molecule has 0 radical (unpaired) electrons. The van der Waals surface area contributed by atoms with E-state index in [1.165, 1.54) is 12.8 Å². The van der Waals surface area contributed by atoms with Crippen molar-refractivity contribution in [2.24, 2.45) is 11.3 Å². The van der Waals surface area contributed by atoms with Crippen molar-refractivity contribution in [1.29, 1.82) is 0 Å². The minimum absolute atomic E-state index is 0.135. The fraction of sp³-hybridized carbons (Fsp3) is 0.667. The molecule has 2 saturated heterocycles. The number of piperidine rings is 1. The van der Waals surface area contributed by atoms with Gasteiger partial charge in [-0.25, -0.2) is 4.98 Å². The number of nitrogen functional groups attached to an aromatic ring is 1. The SMILES string of the molecule is Nc1ncccc1CN1CCC2(CCCN(CC3CC3)C2=O)C1. The second-order valence-electron chi connectivity index (χ2n) is 7.59. The number of nitrogens with zero attached hydrogens (tertiary/aromatic N) is 3. The lowest BCUT2D eigenvalue weighted by atomic mass is 9.78. The van der Waals surface area contributed by atoms with E-state index in [4.69, 9.17) is 5.73 Å². The van der Waals surface area contributed by atoms with E-state index in [1.807, 2.05) is 12.1 Å². The first-order chi connectivity index (χ1) is 11.2. The molecule has 3 aliphatic rings. The molecule has 4 rings (SSSR count). The molecule has 124 valence electrons. The fourth-order valence-corrected chi connectivity index (χ4v) is 4.24. The number of anilines is 1. The Bertz CT molecular complexity index is 600. The zero-order valence-corrected chi connectivity index (χ0v) is 13.7. The van der Waals surface area contributed by atoms with Gasteiger partial charge in [-0.05, 0) is 50.6 Å². The molecule has 1 saturated carbocycles. The van der Waals surface area contributed by atoms with Gasteiger partial charge in [0.15, 0.2) is 0 Å². The molecule has 1 aromatic rings. The van der Waals surface area contributed by atoms with E-state index < -0.39 is 0 Å². The Morgan fingerprint density at radius 2 is 2.17 bits per heavy atom. The lowest BCUT2D eigenvalue weighted by Gasteiger charge is -2.39. The van der Waals surface area contributed by atoms with Crippen LogP contribution in [0.15, 0.2) is 18.3 Å². The summed E-state index contributed by atoms with van der Waals surface area (Å²) in [4.78, 5) is 21.7. The summed E-state index contributed by atoms with van der Waals surface area (Å²) in [5.41, 5.74) is 6.90. The topological polar surface area (TPSA) is 62.5 Å². The van der Waals surface area contributed by atoms with Crippen molar-refractivity contribution in [3.05, 3.63) is 23.9 Å². The average Bonchev–Trinajstić information content (AvgIpc) is 3.27. The third kappa shape index (κ3) is 2.94. The predicted octanol–water partition coefficient (Wildman–Crippen LogP) is 1.89. The number of amides is 1. The molecule has 2 N–H and O–H groups in total. The molecule has 5 nitrogen and oxygen atoms in total. The van der Waals surface area contributed by atoms with Gasteiger partial charge in [0.05, 0.1) is 5.41 Å². The monoisotopic (exact) mass is 314 g/mol. The first kappa shape index (κ1) is 14.9. The molecule has 1 aliphatic carbocycles. The molecule has 0 aromatic carbocycles. The molecule has 2 aliphatic heterocycles. The van der Waals surface area contributed by atoms with Crippen LogP contribution in [0.25, 0.3) is 0 Å².